The molecule has 1 atom stereocenters. The fourth-order valence-electron chi connectivity index (χ4n) is 2.68. The van der Waals surface area contributed by atoms with Crippen LogP contribution in [-0.4, -0.2) is 25.5 Å². The molecule has 2 aromatic carbocycles. The molecular weight excluding hydrogens is 292 g/mol. The third-order valence-corrected chi connectivity index (χ3v) is 3.90. The van der Waals surface area contributed by atoms with Gasteiger partial charge in [-0.1, -0.05) is 24.3 Å². The van der Waals surface area contributed by atoms with Crippen molar-refractivity contribution in [2.24, 2.45) is 5.92 Å². The number of nitrogens with zero attached hydrogens (tertiary/aromatic N) is 1. The summed E-state index contributed by atoms with van der Waals surface area (Å²) in [5.74, 6) is 0.155. The molecule has 0 saturated carbocycles. The minimum atomic E-state index is -0.353. The van der Waals surface area contributed by atoms with Gasteiger partial charge >= 0.3 is 0 Å². The molecule has 23 heavy (non-hydrogen) atoms. The first-order valence-corrected chi connectivity index (χ1v) is 7.47. The molecule has 1 N–H and O–H groups in total. The van der Waals surface area contributed by atoms with Crippen molar-refractivity contribution < 1.29 is 14.3 Å². The van der Waals surface area contributed by atoms with Crippen LogP contribution in [0.15, 0.2) is 54.6 Å². The fraction of sp³-hybridized carbons (Fsp3) is 0.222. The molecule has 118 valence electrons. The van der Waals surface area contributed by atoms with Crippen molar-refractivity contribution in [2.45, 2.75) is 6.42 Å². The van der Waals surface area contributed by atoms with Gasteiger partial charge in [-0.05, 0) is 24.3 Å². The van der Waals surface area contributed by atoms with Crippen molar-refractivity contribution in [2.75, 3.05) is 23.9 Å². The number of carbonyl (C=O) groups is 2. The second kappa shape index (κ2) is 6.52. The monoisotopic (exact) mass is 310 g/mol. The fourth-order valence-corrected chi connectivity index (χ4v) is 2.68. The van der Waals surface area contributed by atoms with E-state index in [4.69, 9.17) is 4.74 Å². The maximum atomic E-state index is 12.3. The van der Waals surface area contributed by atoms with Crippen molar-refractivity contribution in [3.63, 3.8) is 0 Å². The van der Waals surface area contributed by atoms with Crippen molar-refractivity contribution in [3.8, 4) is 5.75 Å². The normalized spacial score (nSPS) is 17.2. The van der Waals surface area contributed by atoms with Gasteiger partial charge in [0.1, 0.15) is 5.75 Å². The van der Waals surface area contributed by atoms with Crippen LogP contribution >= 0.6 is 0 Å². The minimum absolute atomic E-state index is 0.0496. The zero-order valence-corrected chi connectivity index (χ0v) is 12.9. The SMILES string of the molecule is COc1cccc(N2C[C@H](C(=O)Nc3ccccc3)CC2=O)c1. The highest BCUT2D eigenvalue weighted by molar-refractivity contribution is 6.03. The Morgan fingerprint density at radius 3 is 2.70 bits per heavy atom. The van der Waals surface area contributed by atoms with Crippen LogP contribution in [0.1, 0.15) is 6.42 Å². The third kappa shape index (κ3) is 3.34. The Balaban J connectivity index is 1.70. The van der Waals surface area contributed by atoms with Crippen LogP contribution in [0.25, 0.3) is 0 Å². The van der Waals surface area contributed by atoms with Crippen LogP contribution in [0.3, 0.4) is 0 Å². The molecule has 0 aliphatic carbocycles. The lowest BCUT2D eigenvalue weighted by Gasteiger charge is -2.17. The number of nitrogens with one attached hydrogen (secondary N) is 1. The summed E-state index contributed by atoms with van der Waals surface area (Å²) in [5, 5.41) is 2.86. The number of carbonyl (C=O) groups excluding carboxylic acids is 2. The lowest BCUT2D eigenvalue weighted by Crippen LogP contribution is -2.28. The van der Waals surface area contributed by atoms with Crippen molar-refractivity contribution >= 4 is 23.2 Å². The lowest BCUT2D eigenvalue weighted by atomic mass is 10.1. The molecule has 1 aliphatic heterocycles. The van der Waals surface area contributed by atoms with E-state index < -0.39 is 0 Å². The third-order valence-electron chi connectivity index (χ3n) is 3.90. The maximum absolute atomic E-state index is 12.3. The van der Waals surface area contributed by atoms with Gasteiger partial charge in [0, 0.05) is 30.4 Å². The van der Waals surface area contributed by atoms with E-state index in [9.17, 15) is 9.59 Å². The second-order valence-corrected chi connectivity index (χ2v) is 5.46. The number of hydrogen-bond acceptors (Lipinski definition) is 3. The average molecular weight is 310 g/mol. The summed E-state index contributed by atoms with van der Waals surface area (Å²) in [6.07, 6.45) is 0.218. The van der Waals surface area contributed by atoms with Gasteiger partial charge in [0.05, 0.1) is 13.0 Å². The van der Waals surface area contributed by atoms with Crippen molar-refractivity contribution in [1.29, 1.82) is 0 Å². The molecule has 2 amide bonds. The molecule has 0 bridgehead atoms. The minimum Gasteiger partial charge on any atom is -0.497 e. The Kier molecular flexibility index (Phi) is 4.28. The number of rotatable bonds is 4. The second-order valence-electron chi connectivity index (χ2n) is 5.46. The maximum Gasteiger partial charge on any atom is 0.229 e. The predicted molar refractivity (Wildman–Crippen MR) is 88.5 cm³/mol. The summed E-state index contributed by atoms with van der Waals surface area (Å²) in [7, 11) is 1.58. The van der Waals surface area contributed by atoms with Crippen LogP contribution < -0.4 is 15.0 Å². The first kappa shape index (κ1) is 15.1. The first-order chi connectivity index (χ1) is 11.2. The Labute approximate surface area is 134 Å². The molecule has 1 aliphatic rings. The van der Waals surface area contributed by atoms with Crippen molar-refractivity contribution in [1.82, 2.24) is 0 Å². The van der Waals surface area contributed by atoms with Crippen LogP contribution in [0.2, 0.25) is 0 Å². The quantitative estimate of drug-likeness (QED) is 0.944. The molecule has 0 unspecified atom stereocenters. The van der Waals surface area contributed by atoms with E-state index in [1.54, 1.807) is 18.1 Å². The standard InChI is InChI=1S/C18H18N2O3/c1-23-16-9-5-8-15(11-16)20-12-13(10-17(20)21)18(22)19-14-6-3-2-4-7-14/h2-9,11,13H,10,12H2,1H3,(H,19,22)/t13-/m1/s1. The van der Waals surface area contributed by atoms with Crippen LogP contribution in [0.4, 0.5) is 11.4 Å². The molecule has 0 spiro atoms. The molecule has 1 saturated heterocycles. The molecule has 5 heteroatoms. The summed E-state index contributed by atoms with van der Waals surface area (Å²) in [5.41, 5.74) is 1.49. The van der Waals surface area contributed by atoms with Gasteiger partial charge < -0.3 is 15.0 Å². The van der Waals surface area contributed by atoms with Crippen LogP contribution in [0.5, 0.6) is 5.75 Å². The molecule has 0 radical (unpaired) electrons. The Hall–Kier alpha value is -2.82. The molecule has 1 fully saturated rings. The Bertz CT molecular complexity index is 715. The number of para-hydroxylation sites is 1. The van der Waals surface area contributed by atoms with Gasteiger partial charge in [-0.15, -0.1) is 0 Å². The average Bonchev–Trinajstić information content (AvgIpc) is 2.98. The lowest BCUT2D eigenvalue weighted by molar-refractivity contribution is -0.122. The number of hydrogen-bond donors (Lipinski definition) is 1. The van der Waals surface area contributed by atoms with Crippen LogP contribution in [-0.2, 0) is 9.59 Å². The molecule has 2 aromatic rings. The zero-order chi connectivity index (χ0) is 16.2. The van der Waals surface area contributed by atoms with Gasteiger partial charge in [0.15, 0.2) is 0 Å². The summed E-state index contributed by atoms with van der Waals surface area (Å²) in [6.45, 7) is 0.380. The van der Waals surface area contributed by atoms with E-state index in [0.717, 1.165) is 11.4 Å². The highest BCUT2D eigenvalue weighted by Gasteiger charge is 2.35. The van der Waals surface area contributed by atoms with Crippen LogP contribution in [0, 0.1) is 5.92 Å². The van der Waals surface area contributed by atoms with Gasteiger partial charge in [0.25, 0.3) is 0 Å². The predicted octanol–water partition coefficient (Wildman–Crippen LogP) is 2.69. The smallest absolute Gasteiger partial charge is 0.229 e. The summed E-state index contributed by atoms with van der Waals surface area (Å²) >= 11 is 0. The largest absolute Gasteiger partial charge is 0.497 e. The Morgan fingerprint density at radius 2 is 1.96 bits per heavy atom. The molecular formula is C18H18N2O3. The number of anilines is 2. The molecule has 0 aromatic heterocycles. The van der Waals surface area contributed by atoms with Gasteiger partial charge in [-0.25, -0.2) is 0 Å². The number of amides is 2. The molecule has 1 heterocycles. The van der Waals surface area contributed by atoms with E-state index in [2.05, 4.69) is 5.32 Å². The van der Waals surface area contributed by atoms with Gasteiger partial charge in [-0.2, -0.15) is 0 Å². The molecule has 5 nitrogen and oxygen atoms in total. The van der Waals surface area contributed by atoms with Gasteiger partial charge in [0.2, 0.25) is 11.8 Å². The molecule has 3 rings (SSSR count). The highest BCUT2D eigenvalue weighted by atomic mass is 16.5. The summed E-state index contributed by atoms with van der Waals surface area (Å²) in [4.78, 5) is 26.2. The first-order valence-electron chi connectivity index (χ1n) is 7.47. The summed E-state index contributed by atoms with van der Waals surface area (Å²) in [6, 6.07) is 16.6. The number of methoxy groups -OCH3 is 1. The van der Waals surface area contributed by atoms with Gasteiger partial charge in [-0.3, -0.25) is 9.59 Å². The highest BCUT2D eigenvalue weighted by Crippen LogP contribution is 2.28. The Morgan fingerprint density at radius 1 is 1.17 bits per heavy atom. The van der Waals surface area contributed by atoms with E-state index in [0.29, 0.717) is 12.3 Å². The number of benzene rings is 2. The van der Waals surface area contributed by atoms with E-state index in [-0.39, 0.29) is 24.2 Å². The van der Waals surface area contributed by atoms with E-state index in [1.165, 1.54) is 0 Å². The van der Waals surface area contributed by atoms with E-state index in [1.807, 2.05) is 48.5 Å². The topological polar surface area (TPSA) is 58.6 Å². The zero-order valence-electron chi connectivity index (χ0n) is 12.9. The van der Waals surface area contributed by atoms with E-state index >= 15 is 0 Å². The summed E-state index contributed by atoms with van der Waals surface area (Å²) < 4.78 is 5.19. The number of ether oxygens (including phenoxy) is 1. The van der Waals surface area contributed by atoms with Crippen molar-refractivity contribution in [3.05, 3.63) is 54.6 Å².